The smallest absolute Gasteiger partial charge is 0.225 e. The van der Waals surface area contributed by atoms with Crippen molar-refractivity contribution in [3.8, 4) is 0 Å². The summed E-state index contributed by atoms with van der Waals surface area (Å²) in [6.07, 6.45) is 0. The van der Waals surface area contributed by atoms with Crippen molar-refractivity contribution in [2.24, 2.45) is 0 Å². The number of aromatic nitrogens is 3. The average Bonchev–Trinajstić information content (AvgIpc) is 2.71. The molecular formula is C19H25ClN6O2. The number of anilines is 1. The van der Waals surface area contributed by atoms with Crippen molar-refractivity contribution in [1.82, 2.24) is 24.8 Å². The molecule has 9 heteroatoms. The molecule has 0 spiro atoms. The molecule has 0 N–H and O–H groups in total. The van der Waals surface area contributed by atoms with E-state index in [9.17, 15) is 0 Å². The van der Waals surface area contributed by atoms with Crippen molar-refractivity contribution >= 4 is 28.5 Å². The van der Waals surface area contributed by atoms with Gasteiger partial charge in [0.05, 0.1) is 37.6 Å². The van der Waals surface area contributed by atoms with Gasteiger partial charge in [-0.2, -0.15) is 4.98 Å². The van der Waals surface area contributed by atoms with E-state index in [-0.39, 0.29) is 5.28 Å². The minimum atomic E-state index is 0.264. The van der Waals surface area contributed by atoms with Crippen LogP contribution in [0.1, 0.15) is 5.69 Å². The average molecular weight is 405 g/mol. The molecule has 28 heavy (non-hydrogen) atoms. The maximum Gasteiger partial charge on any atom is 0.225 e. The number of hydrogen-bond acceptors (Lipinski definition) is 8. The highest BCUT2D eigenvalue weighted by Gasteiger charge is 2.32. The number of likely N-dealkylation sites (tertiary alicyclic amines) is 1. The first kappa shape index (κ1) is 18.4. The number of morpholine rings is 2. The van der Waals surface area contributed by atoms with Crippen molar-refractivity contribution in [2.75, 3.05) is 70.6 Å². The first-order valence-corrected chi connectivity index (χ1v) is 10.3. The van der Waals surface area contributed by atoms with E-state index in [1.54, 1.807) is 0 Å². The van der Waals surface area contributed by atoms with Crippen molar-refractivity contribution in [3.05, 3.63) is 23.1 Å². The summed E-state index contributed by atoms with van der Waals surface area (Å²) in [5.74, 6) is 0.815. The fourth-order valence-electron chi connectivity index (χ4n) is 4.17. The molecule has 0 amide bonds. The second-order valence-electron chi connectivity index (χ2n) is 7.58. The van der Waals surface area contributed by atoms with Gasteiger partial charge in [0.15, 0.2) is 5.82 Å². The zero-order valence-corrected chi connectivity index (χ0v) is 16.6. The molecule has 2 aromatic rings. The van der Waals surface area contributed by atoms with E-state index in [1.807, 2.05) is 6.07 Å². The van der Waals surface area contributed by atoms with Crippen molar-refractivity contribution < 1.29 is 9.47 Å². The second kappa shape index (κ2) is 8.04. The Morgan fingerprint density at radius 2 is 1.64 bits per heavy atom. The van der Waals surface area contributed by atoms with Crippen LogP contribution in [-0.4, -0.2) is 96.5 Å². The van der Waals surface area contributed by atoms with Gasteiger partial charge in [0, 0.05) is 51.9 Å². The summed E-state index contributed by atoms with van der Waals surface area (Å²) < 4.78 is 10.9. The molecule has 8 nitrogen and oxygen atoms in total. The van der Waals surface area contributed by atoms with Gasteiger partial charge in [-0.1, -0.05) is 0 Å². The summed E-state index contributed by atoms with van der Waals surface area (Å²) >= 11 is 6.16. The lowest BCUT2D eigenvalue weighted by Crippen LogP contribution is -2.60. The summed E-state index contributed by atoms with van der Waals surface area (Å²) in [5, 5.41) is 0.264. The van der Waals surface area contributed by atoms with Crippen molar-refractivity contribution in [3.63, 3.8) is 0 Å². The molecule has 0 radical (unpaired) electrons. The van der Waals surface area contributed by atoms with E-state index in [1.165, 1.54) is 0 Å². The fraction of sp³-hybridized carbons (Fsp3) is 0.632. The molecule has 5 heterocycles. The topological polar surface area (TPSA) is 66.9 Å². The highest BCUT2D eigenvalue weighted by molar-refractivity contribution is 6.28. The zero-order chi connectivity index (χ0) is 18.9. The van der Waals surface area contributed by atoms with Gasteiger partial charge < -0.3 is 14.4 Å². The standard InChI is InChI=1S/C19H25ClN6O2/c20-19-22-16-2-1-14(11-24-12-15(13-24)25-3-7-27-8-4-25)21-17(16)18(23-19)26-5-9-28-10-6-26/h1-2,15H,3-13H2. The normalized spacial score (nSPS) is 22.5. The van der Waals surface area contributed by atoms with E-state index in [0.717, 1.165) is 81.6 Å². The molecule has 3 aliphatic heterocycles. The van der Waals surface area contributed by atoms with E-state index < -0.39 is 0 Å². The van der Waals surface area contributed by atoms with Crippen LogP contribution >= 0.6 is 11.6 Å². The third-order valence-electron chi connectivity index (χ3n) is 5.75. The van der Waals surface area contributed by atoms with Crippen molar-refractivity contribution in [2.45, 2.75) is 12.6 Å². The zero-order valence-electron chi connectivity index (χ0n) is 15.9. The molecule has 2 aromatic heterocycles. The van der Waals surface area contributed by atoms with Crippen LogP contribution in [0.2, 0.25) is 5.28 Å². The van der Waals surface area contributed by atoms with Crippen LogP contribution in [0.15, 0.2) is 12.1 Å². The lowest BCUT2D eigenvalue weighted by Gasteiger charge is -2.46. The Morgan fingerprint density at radius 1 is 0.929 bits per heavy atom. The van der Waals surface area contributed by atoms with Crippen LogP contribution in [-0.2, 0) is 16.0 Å². The Labute approximate surface area is 169 Å². The molecule has 0 saturated carbocycles. The number of nitrogens with zero attached hydrogens (tertiary/aromatic N) is 6. The minimum Gasteiger partial charge on any atom is -0.379 e. The van der Waals surface area contributed by atoms with E-state index in [0.29, 0.717) is 19.3 Å². The Kier molecular flexibility index (Phi) is 5.30. The third kappa shape index (κ3) is 3.79. The number of halogens is 1. The summed E-state index contributed by atoms with van der Waals surface area (Å²) in [5.41, 5.74) is 2.67. The van der Waals surface area contributed by atoms with Gasteiger partial charge in [-0.15, -0.1) is 0 Å². The molecule has 0 bridgehead atoms. The maximum atomic E-state index is 6.16. The molecule has 5 rings (SSSR count). The molecule has 0 aromatic carbocycles. The fourth-order valence-corrected chi connectivity index (χ4v) is 4.34. The number of rotatable bonds is 4. The number of hydrogen-bond donors (Lipinski definition) is 0. The summed E-state index contributed by atoms with van der Waals surface area (Å²) in [6.45, 7) is 9.82. The van der Waals surface area contributed by atoms with Crippen LogP contribution in [0, 0.1) is 0 Å². The Balaban J connectivity index is 1.31. The predicted molar refractivity (Wildman–Crippen MR) is 107 cm³/mol. The van der Waals surface area contributed by atoms with Gasteiger partial charge in [0.2, 0.25) is 5.28 Å². The lowest BCUT2D eigenvalue weighted by molar-refractivity contribution is -0.0347. The second-order valence-corrected chi connectivity index (χ2v) is 7.92. The van der Waals surface area contributed by atoms with Crippen LogP contribution < -0.4 is 4.90 Å². The van der Waals surface area contributed by atoms with Crippen LogP contribution in [0.25, 0.3) is 11.0 Å². The third-order valence-corrected chi connectivity index (χ3v) is 5.92. The van der Waals surface area contributed by atoms with E-state index in [2.05, 4.69) is 30.7 Å². The molecule has 0 unspecified atom stereocenters. The minimum absolute atomic E-state index is 0.264. The largest absolute Gasteiger partial charge is 0.379 e. The molecule has 3 aliphatic rings. The lowest BCUT2D eigenvalue weighted by atomic mass is 10.1. The Bertz CT molecular complexity index is 835. The van der Waals surface area contributed by atoms with Gasteiger partial charge in [-0.25, -0.2) is 9.97 Å². The Hall–Kier alpha value is -1.58. The number of pyridine rings is 1. The molecular weight excluding hydrogens is 380 g/mol. The summed E-state index contributed by atoms with van der Waals surface area (Å²) in [7, 11) is 0. The SMILES string of the molecule is Clc1nc(N2CCOCC2)c2nc(CN3CC(N4CCOCC4)C3)ccc2n1. The highest BCUT2D eigenvalue weighted by atomic mass is 35.5. The molecule has 3 saturated heterocycles. The van der Waals surface area contributed by atoms with Crippen LogP contribution in [0.5, 0.6) is 0 Å². The first-order valence-electron chi connectivity index (χ1n) is 9.96. The maximum absolute atomic E-state index is 6.16. The van der Waals surface area contributed by atoms with Crippen molar-refractivity contribution in [1.29, 1.82) is 0 Å². The predicted octanol–water partition coefficient (Wildman–Crippen LogP) is 1.03. The van der Waals surface area contributed by atoms with Crippen LogP contribution in [0.4, 0.5) is 5.82 Å². The Morgan fingerprint density at radius 3 is 2.39 bits per heavy atom. The summed E-state index contributed by atoms with van der Waals surface area (Å²) in [6, 6.07) is 4.71. The molecule has 0 atom stereocenters. The van der Waals surface area contributed by atoms with E-state index >= 15 is 0 Å². The van der Waals surface area contributed by atoms with Gasteiger partial charge >= 0.3 is 0 Å². The molecule has 0 aliphatic carbocycles. The van der Waals surface area contributed by atoms with Gasteiger partial charge in [-0.05, 0) is 23.7 Å². The number of fused-ring (bicyclic) bond motifs is 1. The monoisotopic (exact) mass is 404 g/mol. The molecule has 3 fully saturated rings. The van der Waals surface area contributed by atoms with Gasteiger partial charge in [-0.3, -0.25) is 9.80 Å². The quantitative estimate of drug-likeness (QED) is 0.700. The molecule has 150 valence electrons. The van der Waals surface area contributed by atoms with E-state index in [4.69, 9.17) is 26.1 Å². The highest BCUT2D eigenvalue weighted by Crippen LogP contribution is 2.26. The van der Waals surface area contributed by atoms with Gasteiger partial charge in [0.1, 0.15) is 5.52 Å². The van der Waals surface area contributed by atoms with Crippen LogP contribution in [0.3, 0.4) is 0 Å². The first-order chi connectivity index (χ1) is 13.8. The van der Waals surface area contributed by atoms with Gasteiger partial charge in [0.25, 0.3) is 0 Å². The number of ether oxygens (including phenoxy) is 2. The summed E-state index contributed by atoms with van der Waals surface area (Å²) in [4.78, 5) is 20.9.